The normalized spacial score (nSPS) is 11.2. The van der Waals surface area contributed by atoms with Gasteiger partial charge >= 0.3 is 0 Å². The van der Waals surface area contributed by atoms with Crippen molar-refractivity contribution in [2.45, 2.75) is 26.3 Å². The Kier molecular flexibility index (Phi) is 5.86. The van der Waals surface area contributed by atoms with Crippen LogP contribution in [0.1, 0.15) is 25.3 Å². The molecule has 0 aliphatic rings. The molecule has 1 aromatic heterocycles. The van der Waals surface area contributed by atoms with Gasteiger partial charge in [0, 0.05) is 10.6 Å². The number of fused-ring (bicyclic) bond motifs is 1. The van der Waals surface area contributed by atoms with Crippen molar-refractivity contribution in [1.82, 2.24) is 9.55 Å². The zero-order chi connectivity index (χ0) is 21.1. The number of aromatic nitrogens is 2. The first-order valence-electron chi connectivity index (χ1n) is 10.0. The molecule has 4 nitrogen and oxygen atoms in total. The van der Waals surface area contributed by atoms with Gasteiger partial charge in [0.2, 0.25) is 0 Å². The molecule has 152 valence electrons. The van der Waals surface area contributed by atoms with E-state index in [0.717, 1.165) is 16.9 Å². The largest absolute Gasteiger partial charge is 0.491 e. The Hall–Kier alpha value is -3.11. The standard InChI is InChI=1S/C25H23ClN2O2/c1-17(2)20-7-4-6-10-23(20)30-16-15-28-24(18-11-13-19(26)14-12-18)27-22-9-5-3-8-21(22)25(28)29/h3-14,17H,15-16H2,1-2H3. The van der Waals surface area contributed by atoms with Gasteiger partial charge in [0.05, 0.1) is 17.4 Å². The van der Waals surface area contributed by atoms with E-state index in [1.807, 2.05) is 54.6 Å². The van der Waals surface area contributed by atoms with Crippen LogP contribution in [0.3, 0.4) is 0 Å². The lowest BCUT2D eigenvalue weighted by Crippen LogP contribution is -2.26. The van der Waals surface area contributed by atoms with Crippen molar-refractivity contribution in [3.8, 4) is 17.1 Å². The highest BCUT2D eigenvalue weighted by atomic mass is 35.5. The third kappa shape index (κ3) is 4.10. The third-order valence-corrected chi connectivity index (χ3v) is 5.33. The maximum atomic E-state index is 13.2. The van der Waals surface area contributed by atoms with E-state index in [4.69, 9.17) is 21.3 Å². The molecule has 4 rings (SSSR count). The first-order valence-corrected chi connectivity index (χ1v) is 10.4. The molecule has 5 heteroatoms. The molecule has 1 heterocycles. The minimum absolute atomic E-state index is 0.0775. The van der Waals surface area contributed by atoms with Gasteiger partial charge in [0.1, 0.15) is 18.2 Å². The van der Waals surface area contributed by atoms with Crippen molar-refractivity contribution in [1.29, 1.82) is 0 Å². The second-order valence-electron chi connectivity index (χ2n) is 7.46. The fourth-order valence-electron chi connectivity index (χ4n) is 3.53. The summed E-state index contributed by atoms with van der Waals surface area (Å²) in [5, 5.41) is 1.24. The molecule has 0 fully saturated rings. The van der Waals surface area contributed by atoms with Crippen molar-refractivity contribution >= 4 is 22.5 Å². The van der Waals surface area contributed by atoms with Crippen LogP contribution in [0, 0.1) is 0 Å². The van der Waals surface area contributed by atoms with Crippen LogP contribution < -0.4 is 10.3 Å². The maximum Gasteiger partial charge on any atom is 0.261 e. The quantitative estimate of drug-likeness (QED) is 0.390. The third-order valence-electron chi connectivity index (χ3n) is 5.08. The second kappa shape index (κ2) is 8.72. The molecule has 0 saturated carbocycles. The van der Waals surface area contributed by atoms with E-state index in [1.165, 1.54) is 0 Å². The highest BCUT2D eigenvalue weighted by Gasteiger charge is 2.13. The van der Waals surface area contributed by atoms with E-state index in [0.29, 0.717) is 40.8 Å². The SMILES string of the molecule is CC(C)c1ccccc1OCCn1c(-c2ccc(Cl)cc2)nc2ccccc2c1=O. The number of hydrogen-bond donors (Lipinski definition) is 0. The smallest absolute Gasteiger partial charge is 0.261 e. The van der Waals surface area contributed by atoms with Crippen molar-refractivity contribution in [2.75, 3.05) is 6.61 Å². The first kappa shape index (κ1) is 20.2. The van der Waals surface area contributed by atoms with Gasteiger partial charge in [0.15, 0.2) is 0 Å². The minimum Gasteiger partial charge on any atom is -0.491 e. The van der Waals surface area contributed by atoms with Gasteiger partial charge in [-0.1, -0.05) is 55.8 Å². The van der Waals surface area contributed by atoms with Gasteiger partial charge in [-0.25, -0.2) is 4.98 Å². The molecule has 0 amide bonds. The molecule has 0 spiro atoms. The van der Waals surface area contributed by atoms with Crippen LogP contribution in [-0.4, -0.2) is 16.2 Å². The Labute approximate surface area is 180 Å². The fourth-order valence-corrected chi connectivity index (χ4v) is 3.66. The van der Waals surface area contributed by atoms with Gasteiger partial charge in [-0.15, -0.1) is 0 Å². The molecule has 0 aliphatic heterocycles. The lowest BCUT2D eigenvalue weighted by Gasteiger charge is -2.16. The van der Waals surface area contributed by atoms with Gasteiger partial charge in [-0.05, 0) is 53.9 Å². The summed E-state index contributed by atoms with van der Waals surface area (Å²) in [6, 6.07) is 22.8. The lowest BCUT2D eigenvalue weighted by atomic mass is 10.0. The Balaban J connectivity index is 1.71. The highest BCUT2D eigenvalue weighted by molar-refractivity contribution is 6.30. The number of halogens is 1. The van der Waals surface area contributed by atoms with Crippen LogP contribution >= 0.6 is 11.6 Å². The Morgan fingerprint density at radius 1 is 0.967 bits per heavy atom. The van der Waals surface area contributed by atoms with Crippen LogP contribution in [0.4, 0.5) is 0 Å². The lowest BCUT2D eigenvalue weighted by molar-refractivity contribution is 0.293. The predicted molar refractivity (Wildman–Crippen MR) is 122 cm³/mol. The molecule has 4 aromatic rings. The molecule has 0 N–H and O–H groups in total. The molecular formula is C25H23ClN2O2. The molecule has 0 saturated heterocycles. The summed E-state index contributed by atoms with van der Waals surface area (Å²) in [5.41, 5.74) is 2.59. The summed E-state index contributed by atoms with van der Waals surface area (Å²) in [5.74, 6) is 1.81. The maximum absolute atomic E-state index is 13.2. The van der Waals surface area contributed by atoms with E-state index in [1.54, 1.807) is 16.7 Å². The topological polar surface area (TPSA) is 44.1 Å². The van der Waals surface area contributed by atoms with Crippen molar-refractivity contribution < 1.29 is 4.74 Å². The summed E-state index contributed by atoms with van der Waals surface area (Å²) in [6.07, 6.45) is 0. The van der Waals surface area contributed by atoms with Gasteiger partial charge in [-0.2, -0.15) is 0 Å². The molecular weight excluding hydrogens is 396 g/mol. The van der Waals surface area contributed by atoms with Gasteiger partial charge in [-0.3, -0.25) is 9.36 Å². The van der Waals surface area contributed by atoms with Gasteiger partial charge in [0.25, 0.3) is 5.56 Å². The molecule has 0 aliphatic carbocycles. The fraction of sp³-hybridized carbons (Fsp3) is 0.200. The van der Waals surface area contributed by atoms with Crippen molar-refractivity contribution in [3.63, 3.8) is 0 Å². The second-order valence-corrected chi connectivity index (χ2v) is 7.89. The Bertz CT molecular complexity index is 1230. The summed E-state index contributed by atoms with van der Waals surface area (Å²) < 4.78 is 7.75. The highest BCUT2D eigenvalue weighted by Crippen LogP contribution is 2.26. The zero-order valence-corrected chi connectivity index (χ0v) is 17.8. The van der Waals surface area contributed by atoms with E-state index in [-0.39, 0.29) is 5.56 Å². The van der Waals surface area contributed by atoms with E-state index >= 15 is 0 Å². The average Bonchev–Trinajstić information content (AvgIpc) is 2.76. The van der Waals surface area contributed by atoms with Crippen LogP contribution in [0.2, 0.25) is 5.02 Å². The molecule has 0 atom stereocenters. The molecule has 30 heavy (non-hydrogen) atoms. The van der Waals surface area contributed by atoms with Crippen molar-refractivity contribution in [2.24, 2.45) is 0 Å². The van der Waals surface area contributed by atoms with E-state index < -0.39 is 0 Å². The van der Waals surface area contributed by atoms with Crippen molar-refractivity contribution in [3.05, 3.63) is 93.7 Å². The number of ether oxygens (including phenoxy) is 1. The molecule has 0 radical (unpaired) electrons. The first-order chi connectivity index (χ1) is 14.5. The Morgan fingerprint density at radius 2 is 1.67 bits per heavy atom. The number of rotatable bonds is 6. The van der Waals surface area contributed by atoms with Crippen LogP contribution in [-0.2, 0) is 6.54 Å². The molecule has 3 aromatic carbocycles. The number of nitrogens with zero attached hydrogens (tertiary/aromatic N) is 2. The summed E-state index contributed by atoms with van der Waals surface area (Å²) in [4.78, 5) is 18.0. The van der Waals surface area contributed by atoms with E-state index in [2.05, 4.69) is 19.9 Å². The number of para-hydroxylation sites is 2. The van der Waals surface area contributed by atoms with Gasteiger partial charge < -0.3 is 4.74 Å². The summed E-state index contributed by atoms with van der Waals surface area (Å²) in [6.45, 7) is 5.03. The van der Waals surface area contributed by atoms with Crippen LogP contribution in [0.15, 0.2) is 77.6 Å². The molecule has 0 unspecified atom stereocenters. The zero-order valence-electron chi connectivity index (χ0n) is 17.0. The van der Waals surface area contributed by atoms with Crippen LogP contribution in [0.25, 0.3) is 22.3 Å². The summed E-state index contributed by atoms with van der Waals surface area (Å²) in [7, 11) is 0. The van der Waals surface area contributed by atoms with Crippen LogP contribution in [0.5, 0.6) is 5.75 Å². The monoisotopic (exact) mass is 418 g/mol. The number of benzene rings is 3. The predicted octanol–water partition coefficient (Wildman–Crippen LogP) is 5.92. The van der Waals surface area contributed by atoms with E-state index in [9.17, 15) is 4.79 Å². The minimum atomic E-state index is -0.0775. The molecule has 0 bridgehead atoms. The average molecular weight is 419 g/mol. The summed E-state index contributed by atoms with van der Waals surface area (Å²) >= 11 is 6.05. The Morgan fingerprint density at radius 3 is 2.43 bits per heavy atom. The number of hydrogen-bond acceptors (Lipinski definition) is 3.